The van der Waals surface area contributed by atoms with E-state index < -0.39 is 0 Å². The molecule has 25 heavy (non-hydrogen) atoms. The van der Waals surface area contributed by atoms with Gasteiger partial charge in [0, 0.05) is 19.1 Å². The second-order valence-electron chi connectivity index (χ2n) is 6.52. The first-order valence-corrected chi connectivity index (χ1v) is 9.04. The third-order valence-electron chi connectivity index (χ3n) is 4.57. The summed E-state index contributed by atoms with van der Waals surface area (Å²) < 4.78 is 5.45. The molecule has 132 valence electrons. The Balaban J connectivity index is 1.40. The molecule has 0 aliphatic carbocycles. The summed E-state index contributed by atoms with van der Waals surface area (Å²) in [5.74, 6) is 0. The molecule has 1 saturated heterocycles. The van der Waals surface area contributed by atoms with Crippen molar-refractivity contribution >= 4 is 6.09 Å². The summed E-state index contributed by atoms with van der Waals surface area (Å²) in [6, 6.07) is 20.6. The molecule has 1 aliphatic rings. The Morgan fingerprint density at radius 2 is 1.72 bits per heavy atom. The Bertz CT molecular complexity index is 645. The molecular weight excluding hydrogens is 312 g/mol. The van der Waals surface area contributed by atoms with Crippen molar-refractivity contribution in [2.24, 2.45) is 0 Å². The van der Waals surface area contributed by atoms with Gasteiger partial charge >= 0.3 is 6.09 Å². The van der Waals surface area contributed by atoms with Gasteiger partial charge in [-0.2, -0.15) is 0 Å². The van der Waals surface area contributed by atoms with Crippen LogP contribution in [0.4, 0.5) is 4.79 Å². The normalized spacial score (nSPS) is 17.3. The minimum Gasteiger partial charge on any atom is -0.445 e. The summed E-state index contributed by atoms with van der Waals surface area (Å²) in [5, 5.41) is 3.58. The van der Waals surface area contributed by atoms with Gasteiger partial charge in [0.05, 0.1) is 0 Å². The molecule has 1 heterocycles. The smallest absolute Gasteiger partial charge is 0.410 e. The number of benzene rings is 2. The predicted molar refractivity (Wildman–Crippen MR) is 99.4 cm³/mol. The Labute approximate surface area is 149 Å². The standard InChI is InChI=1S/C21H26N2O2/c24-21(25-17-19-10-5-2-6-11-19)23-15-7-12-20(16-23)22-14-13-18-8-3-1-4-9-18/h1-6,8-11,20,22H,7,12-17H2/t20-/m1/s1. The highest BCUT2D eigenvalue weighted by molar-refractivity contribution is 5.67. The summed E-state index contributed by atoms with van der Waals surface area (Å²) in [4.78, 5) is 14.1. The molecule has 4 nitrogen and oxygen atoms in total. The van der Waals surface area contributed by atoms with Crippen LogP contribution in [0.25, 0.3) is 0 Å². The SMILES string of the molecule is O=C(OCc1ccccc1)N1CCC[C@@H](NCCc2ccccc2)C1. The van der Waals surface area contributed by atoms with Gasteiger partial charge in [-0.15, -0.1) is 0 Å². The van der Waals surface area contributed by atoms with Gasteiger partial charge in [-0.1, -0.05) is 60.7 Å². The largest absolute Gasteiger partial charge is 0.445 e. The number of nitrogens with one attached hydrogen (secondary N) is 1. The molecule has 0 spiro atoms. The van der Waals surface area contributed by atoms with E-state index in [1.807, 2.05) is 41.3 Å². The summed E-state index contributed by atoms with van der Waals surface area (Å²) >= 11 is 0. The molecule has 0 saturated carbocycles. The van der Waals surface area contributed by atoms with Crippen LogP contribution in [0.3, 0.4) is 0 Å². The Morgan fingerprint density at radius 1 is 1.04 bits per heavy atom. The molecule has 0 bridgehead atoms. The number of rotatable bonds is 6. The average molecular weight is 338 g/mol. The van der Waals surface area contributed by atoms with Crippen LogP contribution in [0, 0.1) is 0 Å². The highest BCUT2D eigenvalue weighted by Crippen LogP contribution is 2.12. The van der Waals surface area contributed by atoms with Gasteiger partial charge in [0.2, 0.25) is 0 Å². The van der Waals surface area contributed by atoms with E-state index in [0.717, 1.165) is 44.5 Å². The minimum atomic E-state index is -0.210. The van der Waals surface area contributed by atoms with Crippen molar-refractivity contribution < 1.29 is 9.53 Å². The summed E-state index contributed by atoms with van der Waals surface area (Å²) in [6.45, 7) is 2.77. The Hall–Kier alpha value is -2.33. The highest BCUT2D eigenvalue weighted by Gasteiger charge is 2.24. The van der Waals surface area contributed by atoms with E-state index in [1.165, 1.54) is 5.56 Å². The number of hydrogen-bond donors (Lipinski definition) is 1. The monoisotopic (exact) mass is 338 g/mol. The number of carbonyl (C=O) groups is 1. The van der Waals surface area contributed by atoms with E-state index >= 15 is 0 Å². The van der Waals surface area contributed by atoms with Gasteiger partial charge in [0.15, 0.2) is 0 Å². The quantitative estimate of drug-likeness (QED) is 0.875. The van der Waals surface area contributed by atoms with Crippen LogP contribution in [-0.4, -0.2) is 36.7 Å². The van der Waals surface area contributed by atoms with Crippen LogP contribution < -0.4 is 5.32 Å². The van der Waals surface area contributed by atoms with Crippen molar-refractivity contribution in [2.45, 2.75) is 31.9 Å². The third-order valence-corrected chi connectivity index (χ3v) is 4.57. The molecule has 1 atom stereocenters. The van der Waals surface area contributed by atoms with E-state index in [2.05, 4.69) is 29.6 Å². The number of ether oxygens (including phenoxy) is 1. The van der Waals surface area contributed by atoms with Crippen molar-refractivity contribution in [3.05, 3.63) is 71.8 Å². The fraction of sp³-hybridized carbons (Fsp3) is 0.381. The van der Waals surface area contributed by atoms with Crippen molar-refractivity contribution in [3.63, 3.8) is 0 Å². The van der Waals surface area contributed by atoms with Crippen molar-refractivity contribution in [3.8, 4) is 0 Å². The first kappa shape index (κ1) is 17.5. The number of hydrogen-bond acceptors (Lipinski definition) is 3. The van der Waals surface area contributed by atoms with E-state index in [4.69, 9.17) is 4.74 Å². The zero-order valence-electron chi connectivity index (χ0n) is 14.6. The van der Waals surface area contributed by atoms with E-state index in [0.29, 0.717) is 12.6 Å². The van der Waals surface area contributed by atoms with Crippen molar-refractivity contribution in [2.75, 3.05) is 19.6 Å². The van der Waals surface area contributed by atoms with Crippen LogP contribution in [0.2, 0.25) is 0 Å². The van der Waals surface area contributed by atoms with Crippen LogP contribution in [0.15, 0.2) is 60.7 Å². The molecule has 1 aliphatic heterocycles. The highest BCUT2D eigenvalue weighted by atomic mass is 16.6. The van der Waals surface area contributed by atoms with E-state index in [-0.39, 0.29) is 6.09 Å². The third kappa shape index (κ3) is 5.61. The second kappa shape index (κ2) is 9.23. The van der Waals surface area contributed by atoms with E-state index in [1.54, 1.807) is 0 Å². The van der Waals surface area contributed by atoms with Gasteiger partial charge in [-0.05, 0) is 36.9 Å². The maximum absolute atomic E-state index is 12.3. The molecule has 0 aromatic heterocycles. The van der Waals surface area contributed by atoms with Gasteiger partial charge in [-0.25, -0.2) is 4.79 Å². The number of piperidine rings is 1. The van der Waals surface area contributed by atoms with Gasteiger partial charge in [0.1, 0.15) is 6.61 Å². The van der Waals surface area contributed by atoms with Crippen molar-refractivity contribution in [1.29, 1.82) is 0 Å². The molecule has 4 heteroatoms. The maximum atomic E-state index is 12.3. The van der Waals surface area contributed by atoms with Gasteiger partial charge < -0.3 is 15.0 Å². The lowest BCUT2D eigenvalue weighted by Gasteiger charge is -2.32. The van der Waals surface area contributed by atoms with Crippen LogP contribution in [-0.2, 0) is 17.8 Å². The minimum absolute atomic E-state index is 0.210. The van der Waals surface area contributed by atoms with Crippen molar-refractivity contribution in [1.82, 2.24) is 10.2 Å². The summed E-state index contributed by atoms with van der Waals surface area (Å²) in [6.07, 6.45) is 2.93. The lowest BCUT2D eigenvalue weighted by atomic mass is 10.1. The fourth-order valence-corrected chi connectivity index (χ4v) is 3.19. The summed E-state index contributed by atoms with van der Waals surface area (Å²) in [7, 11) is 0. The molecule has 1 fully saturated rings. The maximum Gasteiger partial charge on any atom is 0.410 e. The molecular formula is C21H26N2O2. The first-order valence-electron chi connectivity index (χ1n) is 9.04. The molecule has 0 radical (unpaired) electrons. The Kier molecular flexibility index (Phi) is 6.46. The number of amides is 1. The number of likely N-dealkylation sites (tertiary alicyclic amines) is 1. The lowest BCUT2D eigenvalue weighted by molar-refractivity contribution is 0.0834. The van der Waals surface area contributed by atoms with Gasteiger partial charge in [0.25, 0.3) is 0 Å². The zero-order valence-corrected chi connectivity index (χ0v) is 14.6. The molecule has 0 unspecified atom stereocenters. The van der Waals surface area contributed by atoms with Crippen LogP contribution in [0.1, 0.15) is 24.0 Å². The van der Waals surface area contributed by atoms with E-state index in [9.17, 15) is 4.79 Å². The topological polar surface area (TPSA) is 41.6 Å². The zero-order chi connectivity index (χ0) is 17.3. The average Bonchev–Trinajstić information content (AvgIpc) is 2.68. The molecule has 2 aromatic rings. The lowest BCUT2D eigenvalue weighted by Crippen LogP contribution is -2.48. The molecule has 3 rings (SSSR count). The number of carbonyl (C=O) groups excluding carboxylic acids is 1. The molecule has 1 N–H and O–H groups in total. The summed E-state index contributed by atoms with van der Waals surface area (Å²) in [5.41, 5.74) is 2.36. The Morgan fingerprint density at radius 3 is 2.44 bits per heavy atom. The predicted octanol–water partition coefficient (Wildman–Crippen LogP) is 3.62. The fourth-order valence-electron chi connectivity index (χ4n) is 3.19. The van der Waals surface area contributed by atoms with Crippen LogP contribution in [0.5, 0.6) is 0 Å². The van der Waals surface area contributed by atoms with Gasteiger partial charge in [-0.3, -0.25) is 0 Å². The van der Waals surface area contributed by atoms with Crippen LogP contribution >= 0.6 is 0 Å². The molecule has 1 amide bonds. The molecule has 2 aromatic carbocycles. The first-order chi connectivity index (χ1) is 12.3. The second-order valence-corrected chi connectivity index (χ2v) is 6.52. The number of nitrogens with zero attached hydrogens (tertiary/aromatic N) is 1.